The number of furan rings is 1. The normalized spacial score (nSPS) is 11.3. The van der Waals surface area contributed by atoms with Gasteiger partial charge in [-0.2, -0.15) is 5.10 Å². The molecule has 1 aromatic carbocycles. The number of H-pyrrole nitrogens is 1. The fourth-order valence-corrected chi connectivity index (χ4v) is 3.60. The Kier molecular flexibility index (Phi) is 4.41. The fraction of sp³-hybridized carbons (Fsp3) is 0.188. The summed E-state index contributed by atoms with van der Waals surface area (Å²) in [5.74, 6) is 1.59. The topological polar surface area (TPSA) is 106 Å². The molecule has 0 aliphatic heterocycles. The van der Waals surface area contributed by atoms with Gasteiger partial charge >= 0.3 is 0 Å². The average molecular weight is 363 g/mol. The van der Waals surface area contributed by atoms with Crippen LogP contribution in [0.15, 0.2) is 45.8 Å². The second-order valence-corrected chi connectivity index (χ2v) is 6.83. The van der Waals surface area contributed by atoms with Crippen molar-refractivity contribution in [3.63, 3.8) is 0 Å². The van der Waals surface area contributed by atoms with Gasteiger partial charge in [0.1, 0.15) is 16.3 Å². The van der Waals surface area contributed by atoms with Crippen molar-refractivity contribution in [3.8, 4) is 23.0 Å². The summed E-state index contributed by atoms with van der Waals surface area (Å²) in [6.07, 6.45) is 1.56. The SMILES string of the molecule is COc1ccc(NS(=O)(=O)c2cc(-c3ccn[nH]3)oc2C)cc1OC. The van der Waals surface area contributed by atoms with Gasteiger partial charge in [0.25, 0.3) is 10.0 Å². The highest BCUT2D eigenvalue weighted by atomic mass is 32.2. The third kappa shape index (κ3) is 3.31. The van der Waals surface area contributed by atoms with Gasteiger partial charge in [-0.05, 0) is 25.1 Å². The Hall–Kier alpha value is -2.94. The van der Waals surface area contributed by atoms with E-state index in [1.54, 1.807) is 37.4 Å². The molecular weight excluding hydrogens is 346 g/mol. The van der Waals surface area contributed by atoms with Crippen LogP contribution in [0.5, 0.6) is 11.5 Å². The molecule has 3 rings (SSSR count). The first-order chi connectivity index (χ1) is 11.9. The van der Waals surface area contributed by atoms with E-state index in [4.69, 9.17) is 13.9 Å². The zero-order chi connectivity index (χ0) is 18.0. The number of anilines is 1. The van der Waals surface area contributed by atoms with Crippen LogP contribution >= 0.6 is 0 Å². The van der Waals surface area contributed by atoms with E-state index in [2.05, 4.69) is 14.9 Å². The second-order valence-electron chi connectivity index (χ2n) is 5.18. The molecule has 132 valence electrons. The maximum Gasteiger partial charge on any atom is 0.265 e. The minimum atomic E-state index is -3.83. The van der Waals surface area contributed by atoms with Gasteiger partial charge in [0.15, 0.2) is 17.3 Å². The number of nitrogens with zero attached hydrogens (tertiary/aromatic N) is 1. The largest absolute Gasteiger partial charge is 0.493 e. The van der Waals surface area contributed by atoms with Crippen molar-refractivity contribution in [3.05, 3.63) is 42.3 Å². The third-order valence-electron chi connectivity index (χ3n) is 3.56. The van der Waals surface area contributed by atoms with Gasteiger partial charge < -0.3 is 13.9 Å². The van der Waals surface area contributed by atoms with Crippen LogP contribution in [-0.4, -0.2) is 32.8 Å². The van der Waals surface area contributed by atoms with Crippen LogP contribution in [0.25, 0.3) is 11.5 Å². The van der Waals surface area contributed by atoms with Crippen molar-refractivity contribution in [2.45, 2.75) is 11.8 Å². The van der Waals surface area contributed by atoms with Crippen LogP contribution in [0, 0.1) is 6.92 Å². The molecule has 0 bridgehead atoms. The van der Waals surface area contributed by atoms with Crippen molar-refractivity contribution in [1.82, 2.24) is 10.2 Å². The lowest BCUT2D eigenvalue weighted by molar-refractivity contribution is 0.355. The van der Waals surface area contributed by atoms with Gasteiger partial charge in [0, 0.05) is 18.3 Å². The van der Waals surface area contributed by atoms with Gasteiger partial charge in [-0.25, -0.2) is 8.42 Å². The number of benzene rings is 1. The maximum absolute atomic E-state index is 12.7. The first-order valence-electron chi connectivity index (χ1n) is 7.29. The molecule has 8 nitrogen and oxygen atoms in total. The molecule has 0 saturated heterocycles. The fourth-order valence-electron chi connectivity index (χ4n) is 2.37. The van der Waals surface area contributed by atoms with Gasteiger partial charge in [-0.3, -0.25) is 9.82 Å². The molecule has 0 fully saturated rings. The van der Waals surface area contributed by atoms with E-state index in [9.17, 15) is 8.42 Å². The molecule has 2 heterocycles. The molecule has 25 heavy (non-hydrogen) atoms. The van der Waals surface area contributed by atoms with Crippen LogP contribution in [0.2, 0.25) is 0 Å². The molecule has 0 unspecified atom stereocenters. The standard InChI is InChI=1S/C16H17N3O5S/c1-10-16(9-14(24-10)12-6-7-17-18-12)25(20,21)19-11-4-5-13(22-2)15(8-11)23-3/h4-9,19H,1-3H3,(H,17,18). The number of methoxy groups -OCH3 is 2. The first kappa shape index (κ1) is 16.9. The summed E-state index contributed by atoms with van der Waals surface area (Å²) >= 11 is 0. The number of aryl methyl sites for hydroxylation is 1. The zero-order valence-corrected chi connectivity index (χ0v) is 14.7. The highest BCUT2D eigenvalue weighted by Crippen LogP contribution is 2.32. The Balaban J connectivity index is 1.92. The number of ether oxygens (including phenoxy) is 2. The monoisotopic (exact) mass is 363 g/mol. The quantitative estimate of drug-likeness (QED) is 0.697. The lowest BCUT2D eigenvalue weighted by Crippen LogP contribution is -2.13. The summed E-state index contributed by atoms with van der Waals surface area (Å²) in [5, 5.41) is 6.56. The van der Waals surface area contributed by atoms with Crippen molar-refractivity contribution in [2.75, 3.05) is 18.9 Å². The molecule has 2 N–H and O–H groups in total. The Labute approximate surface area is 144 Å². The summed E-state index contributed by atoms with van der Waals surface area (Å²) in [6, 6.07) is 7.89. The molecule has 0 aliphatic carbocycles. The molecule has 3 aromatic rings. The van der Waals surface area contributed by atoms with Gasteiger partial charge in [-0.15, -0.1) is 0 Å². The van der Waals surface area contributed by atoms with E-state index < -0.39 is 10.0 Å². The molecule has 0 aliphatic rings. The third-order valence-corrected chi connectivity index (χ3v) is 5.05. The van der Waals surface area contributed by atoms with Crippen molar-refractivity contribution >= 4 is 15.7 Å². The number of hydrogen-bond acceptors (Lipinski definition) is 6. The molecule has 0 atom stereocenters. The van der Waals surface area contributed by atoms with Crippen LogP contribution in [-0.2, 0) is 10.0 Å². The van der Waals surface area contributed by atoms with E-state index >= 15 is 0 Å². The smallest absolute Gasteiger partial charge is 0.265 e. The molecule has 9 heteroatoms. The lowest BCUT2D eigenvalue weighted by Gasteiger charge is -2.11. The summed E-state index contributed by atoms with van der Waals surface area (Å²) in [5.41, 5.74) is 0.942. The Bertz CT molecular complexity index is 977. The molecule has 0 radical (unpaired) electrons. The number of hydrogen-bond donors (Lipinski definition) is 2. The summed E-state index contributed by atoms with van der Waals surface area (Å²) in [6.45, 7) is 1.59. The van der Waals surface area contributed by atoms with Crippen LogP contribution < -0.4 is 14.2 Å². The first-order valence-corrected chi connectivity index (χ1v) is 8.78. The van der Waals surface area contributed by atoms with Crippen LogP contribution in [0.1, 0.15) is 5.76 Å². The minimum Gasteiger partial charge on any atom is -0.493 e. The van der Waals surface area contributed by atoms with Crippen molar-refractivity contribution in [1.29, 1.82) is 0 Å². The summed E-state index contributed by atoms with van der Waals surface area (Å²) in [4.78, 5) is 0.0480. The van der Waals surface area contributed by atoms with Crippen LogP contribution in [0.4, 0.5) is 5.69 Å². The Morgan fingerprint density at radius 3 is 2.52 bits per heavy atom. The van der Waals surface area contributed by atoms with Crippen LogP contribution in [0.3, 0.4) is 0 Å². The van der Waals surface area contributed by atoms with E-state index in [-0.39, 0.29) is 10.7 Å². The highest BCUT2D eigenvalue weighted by molar-refractivity contribution is 7.92. The van der Waals surface area contributed by atoms with Gasteiger partial charge in [0.05, 0.1) is 19.9 Å². The lowest BCUT2D eigenvalue weighted by atomic mass is 10.3. The van der Waals surface area contributed by atoms with Gasteiger partial charge in [-0.1, -0.05) is 0 Å². The van der Waals surface area contributed by atoms with E-state index in [1.807, 2.05) is 0 Å². The molecule has 0 spiro atoms. The number of aromatic amines is 1. The zero-order valence-electron chi connectivity index (χ0n) is 13.9. The van der Waals surface area contributed by atoms with Gasteiger partial charge in [0.2, 0.25) is 0 Å². The van der Waals surface area contributed by atoms with E-state index in [1.165, 1.54) is 20.3 Å². The number of sulfonamides is 1. The Morgan fingerprint density at radius 1 is 1.12 bits per heavy atom. The molecule has 2 aromatic heterocycles. The number of rotatable bonds is 6. The maximum atomic E-state index is 12.7. The highest BCUT2D eigenvalue weighted by Gasteiger charge is 2.23. The summed E-state index contributed by atoms with van der Waals surface area (Å²) in [7, 11) is -0.847. The van der Waals surface area contributed by atoms with Crippen molar-refractivity contribution < 1.29 is 22.3 Å². The number of nitrogens with one attached hydrogen (secondary N) is 2. The average Bonchev–Trinajstić information content (AvgIpc) is 3.23. The Morgan fingerprint density at radius 2 is 1.88 bits per heavy atom. The van der Waals surface area contributed by atoms with E-state index in [0.29, 0.717) is 28.6 Å². The molecule has 0 saturated carbocycles. The van der Waals surface area contributed by atoms with E-state index in [0.717, 1.165) is 0 Å². The molecule has 0 amide bonds. The molecular formula is C16H17N3O5S. The number of aromatic nitrogens is 2. The predicted molar refractivity (Wildman–Crippen MR) is 91.4 cm³/mol. The van der Waals surface area contributed by atoms with Crippen molar-refractivity contribution in [2.24, 2.45) is 0 Å². The summed E-state index contributed by atoms with van der Waals surface area (Å²) < 4.78 is 43.7. The second kappa shape index (κ2) is 6.52. The predicted octanol–water partition coefficient (Wildman–Crippen LogP) is 2.80. The minimum absolute atomic E-state index is 0.0480.